The largest absolute Gasteiger partial charge is 0.488 e. The summed E-state index contributed by atoms with van der Waals surface area (Å²) in [5, 5.41) is 5.15. The fraction of sp³-hybridized carbons (Fsp3) is 0.269. The summed E-state index contributed by atoms with van der Waals surface area (Å²) in [5.41, 5.74) is 1.93. The average molecular weight is 465 g/mol. The average Bonchev–Trinajstić information content (AvgIpc) is 2.72. The lowest BCUT2D eigenvalue weighted by atomic mass is 10.2. The van der Waals surface area contributed by atoms with Crippen molar-refractivity contribution in [3.05, 3.63) is 77.9 Å². The Hall–Kier alpha value is -2.01. The molecule has 1 unspecified atom stereocenters. The summed E-state index contributed by atoms with van der Waals surface area (Å²) in [7, 11) is -2.80. The van der Waals surface area contributed by atoms with Crippen molar-refractivity contribution in [3.63, 3.8) is 0 Å². The van der Waals surface area contributed by atoms with E-state index in [1.807, 2.05) is 24.3 Å². The van der Waals surface area contributed by atoms with Crippen molar-refractivity contribution in [1.29, 1.82) is 0 Å². The van der Waals surface area contributed by atoms with Gasteiger partial charge >= 0.3 is 0 Å². The van der Waals surface area contributed by atoms with Gasteiger partial charge in [0, 0.05) is 10.9 Å². The smallest absolute Gasteiger partial charge is 0.150 e. The number of benzene rings is 3. The van der Waals surface area contributed by atoms with Crippen molar-refractivity contribution in [2.24, 2.45) is 0 Å². The van der Waals surface area contributed by atoms with Crippen LogP contribution in [0.3, 0.4) is 0 Å². The number of ether oxygens (including phenoxy) is 1. The number of hydrogen-bond donors (Lipinski definition) is 0. The van der Waals surface area contributed by atoms with Crippen LogP contribution in [0.15, 0.2) is 66.7 Å². The quantitative estimate of drug-likeness (QED) is 0.272. The van der Waals surface area contributed by atoms with Gasteiger partial charge in [-0.1, -0.05) is 120 Å². The minimum atomic E-state index is -1.66. The molecule has 0 saturated carbocycles. The standard InChI is InChI=1S/C26H33O2PSi2/c1-30(2,3)22-16-24(29-23-15-11-10-14-21(23)18-27)26(25(17-22)31(4,5)6)28-19-20-12-8-7-9-13-20/h7-18,29H,19H2,1-6H3. The Morgan fingerprint density at radius 2 is 1.45 bits per heavy atom. The van der Waals surface area contributed by atoms with Crippen LogP contribution < -0.4 is 25.7 Å². The molecule has 0 aromatic heterocycles. The zero-order valence-electron chi connectivity index (χ0n) is 19.5. The van der Waals surface area contributed by atoms with Gasteiger partial charge in [-0.3, -0.25) is 4.79 Å². The molecule has 0 radical (unpaired) electrons. The summed E-state index contributed by atoms with van der Waals surface area (Å²) >= 11 is 0. The molecule has 0 fully saturated rings. The van der Waals surface area contributed by atoms with Crippen molar-refractivity contribution >= 4 is 52.0 Å². The Labute approximate surface area is 190 Å². The molecule has 0 spiro atoms. The maximum atomic E-state index is 11.7. The minimum absolute atomic E-state index is 0.388. The van der Waals surface area contributed by atoms with Gasteiger partial charge in [-0.15, -0.1) is 0 Å². The van der Waals surface area contributed by atoms with Crippen LogP contribution in [-0.4, -0.2) is 22.4 Å². The van der Waals surface area contributed by atoms with Crippen LogP contribution in [0.2, 0.25) is 39.3 Å². The van der Waals surface area contributed by atoms with Crippen LogP contribution in [0.5, 0.6) is 5.75 Å². The maximum Gasteiger partial charge on any atom is 0.150 e. The summed E-state index contributed by atoms with van der Waals surface area (Å²) in [6.07, 6.45) is 0.967. The highest BCUT2D eigenvalue weighted by molar-refractivity contribution is 7.56. The van der Waals surface area contributed by atoms with Gasteiger partial charge in [0.05, 0.1) is 16.1 Å². The molecule has 0 saturated heterocycles. The van der Waals surface area contributed by atoms with Crippen LogP contribution >= 0.6 is 8.58 Å². The summed E-state index contributed by atoms with van der Waals surface area (Å²) in [4.78, 5) is 11.7. The van der Waals surface area contributed by atoms with Crippen LogP contribution in [-0.2, 0) is 6.61 Å². The monoisotopic (exact) mass is 464 g/mol. The Kier molecular flexibility index (Phi) is 7.36. The van der Waals surface area contributed by atoms with Crippen molar-refractivity contribution < 1.29 is 9.53 Å². The lowest BCUT2D eigenvalue weighted by molar-refractivity contribution is 0.112. The van der Waals surface area contributed by atoms with E-state index < -0.39 is 16.1 Å². The Morgan fingerprint density at radius 3 is 2.06 bits per heavy atom. The van der Waals surface area contributed by atoms with Crippen molar-refractivity contribution in [2.45, 2.75) is 45.9 Å². The first-order valence-electron chi connectivity index (χ1n) is 10.8. The normalized spacial score (nSPS) is 12.3. The zero-order chi connectivity index (χ0) is 22.6. The van der Waals surface area contributed by atoms with E-state index in [1.54, 1.807) is 0 Å². The molecule has 31 heavy (non-hydrogen) atoms. The number of aldehydes is 1. The summed E-state index contributed by atoms with van der Waals surface area (Å²) in [6, 6.07) is 23.0. The van der Waals surface area contributed by atoms with Crippen LogP contribution in [0.25, 0.3) is 0 Å². The van der Waals surface area contributed by atoms with Gasteiger partial charge in [-0.2, -0.15) is 0 Å². The number of hydrogen-bond acceptors (Lipinski definition) is 2. The summed E-state index contributed by atoms with van der Waals surface area (Å²) < 4.78 is 6.56. The first kappa shape index (κ1) is 23.7. The SMILES string of the molecule is C[Si](C)(C)c1cc(Pc2ccccc2C=O)c(OCc2ccccc2)c([Si](C)(C)C)c1. The van der Waals surface area contributed by atoms with E-state index in [2.05, 4.69) is 81.7 Å². The number of carbonyl (C=O) groups excluding carboxylic acids is 1. The highest BCUT2D eigenvalue weighted by Crippen LogP contribution is 2.23. The lowest BCUT2D eigenvalue weighted by Gasteiger charge is -2.28. The predicted molar refractivity (Wildman–Crippen MR) is 143 cm³/mol. The molecule has 0 bridgehead atoms. The predicted octanol–water partition coefficient (Wildman–Crippen LogP) is 4.80. The van der Waals surface area contributed by atoms with Crippen molar-refractivity contribution in [1.82, 2.24) is 0 Å². The molecule has 5 heteroatoms. The number of carbonyl (C=O) groups is 1. The molecule has 0 aliphatic rings. The van der Waals surface area contributed by atoms with Gasteiger partial charge in [0.2, 0.25) is 0 Å². The third-order valence-corrected chi connectivity index (χ3v) is 10.7. The van der Waals surface area contributed by atoms with E-state index in [4.69, 9.17) is 4.74 Å². The first-order valence-corrected chi connectivity index (χ1v) is 18.8. The summed E-state index contributed by atoms with van der Waals surface area (Å²) in [6.45, 7) is 14.9. The van der Waals surface area contributed by atoms with Gasteiger partial charge in [0.15, 0.2) is 6.29 Å². The van der Waals surface area contributed by atoms with E-state index in [0.717, 1.165) is 22.9 Å². The van der Waals surface area contributed by atoms with E-state index in [1.165, 1.54) is 21.2 Å². The fourth-order valence-electron chi connectivity index (χ4n) is 3.46. The van der Waals surface area contributed by atoms with Crippen molar-refractivity contribution in [2.75, 3.05) is 0 Å². The van der Waals surface area contributed by atoms with Gasteiger partial charge < -0.3 is 4.74 Å². The van der Waals surface area contributed by atoms with Gasteiger partial charge in [0.1, 0.15) is 12.4 Å². The molecule has 0 heterocycles. The van der Waals surface area contributed by atoms with Gasteiger partial charge in [0.25, 0.3) is 0 Å². The molecule has 2 nitrogen and oxygen atoms in total. The molecule has 0 amide bonds. The molecular weight excluding hydrogens is 431 g/mol. The highest BCUT2D eigenvalue weighted by Gasteiger charge is 2.28. The number of rotatable bonds is 8. The van der Waals surface area contributed by atoms with Crippen LogP contribution in [0, 0.1) is 0 Å². The Balaban J connectivity index is 2.15. The third kappa shape index (κ3) is 6.03. The van der Waals surface area contributed by atoms with Gasteiger partial charge in [-0.25, -0.2) is 0 Å². The lowest BCUT2D eigenvalue weighted by Crippen LogP contribution is -2.48. The minimum Gasteiger partial charge on any atom is -0.488 e. The second-order valence-electron chi connectivity index (χ2n) is 10.0. The van der Waals surface area contributed by atoms with E-state index in [9.17, 15) is 4.79 Å². The second-order valence-corrected chi connectivity index (χ2v) is 21.4. The molecule has 3 rings (SSSR count). The maximum absolute atomic E-state index is 11.7. The fourth-order valence-corrected chi connectivity index (χ4v) is 7.81. The third-order valence-electron chi connectivity index (χ3n) is 5.35. The second kappa shape index (κ2) is 9.64. The molecule has 0 N–H and O–H groups in total. The van der Waals surface area contributed by atoms with E-state index in [-0.39, 0.29) is 0 Å². The molecule has 1 atom stereocenters. The molecular formula is C26H33O2PSi2. The van der Waals surface area contributed by atoms with Crippen LogP contribution in [0.1, 0.15) is 15.9 Å². The zero-order valence-corrected chi connectivity index (χ0v) is 22.5. The molecule has 0 aliphatic carbocycles. The highest BCUT2D eigenvalue weighted by atomic mass is 31.1. The van der Waals surface area contributed by atoms with E-state index in [0.29, 0.717) is 15.2 Å². The molecule has 0 aliphatic heterocycles. The van der Waals surface area contributed by atoms with Crippen LogP contribution in [0.4, 0.5) is 0 Å². The summed E-state index contributed by atoms with van der Waals surface area (Å²) in [5.74, 6) is 1.03. The van der Waals surface area contributed by atoms with E-state index >= 15 is 0 Å². The first-order chi connectivity index (χ1) is 14.6. The molecule has 162 valence electrons. The molecule has 3 aromatic carbocycles. The topological polar surface area (TPSA) is 26.3 Å². The van der Waals surface area contributed by atoms with Gasteiger partial charge in [-0.05, 0) is 16.1 Å². The molecule has 3 aromatic rings. The Bertz CT molecular complexity index is 1050. The Morgan fingerprint density at radius 1 is 0.806 bits per heavy atom. The van der Waals surface area contributed by atoms with Crippen molar-refractivity contribution in [3.8, 4) is 5.75 Å².